The minimum atomic E-state index is -3.22. The second-order valence-electron chi connectivity index (χ2n) is 4.06. The number of Topliss-reactive ketones (excluding diaryl/α,β-unsaturated/α-hetero) is 1. The van der Waals surface area contributed by atoms with Crippen molar-refractivity contribution in [3.63, 3.8) is 0 Å². The monoisotopic (exact) mass is 224 g/mol. The van der Waals surface area contributed by atoms with Gasteiger partial charge >= 0.3 is 0 Å². The van der Waals surface area contributed by atoms with Crippen molar-refractivity contribution >= 4 is 15.6 Å². The summed E-state index contributed by atoms with van der Waals surface area (Å²) in [5, 5.41) is 0. The van der Waals surface area contributed by atoms with Crippen LogP contribution in [0.3, 0.4) is 0 Å². The summed E-state index contributed by atoms with van der Waals surface area (Å²) in [7, 11) is -3.22. The Balaban J connectivity index is 2.59. The van der Waals surface area contributed by atoms with E-state index in [0.717, 1.165) is 18.2 Å². The van der Waals surface area contributed by atoms with E-state index in [1.165, 1.54) is 6.07 Å². The molecule has 0 aliphatic heterocycles. The molecular formula is C11H12O3S. The summed E-state index contributed by atoms with van der Waals surface area (Å²) in [5.41, 5.74) is 1.53. The molecule has 80 valence electrons. The zero-order valence-electron chi connectivity index (χ0n) is 8.65. The van der Waals surface area contributed by atoms with E-state index < -0.39 is 9.84 Å². The van der Waals surface area contributed by atoms with Crippen LogP contribution in [0.4, 0.5) is 0 Å². The van der Waals surface area contributed by atoms with Gasteiger partial charge < -0.3 is 0 Å². The van der Waals surface area contributed by atoms with E-state index in [1.807, 2.05) is 6.92 Å². The van der Waals surface area contributed by atoms with Crippen molar-refractivity contribution in [2.75, 3.05) is 6.26 Å². The topological polar surface area (TPSA) is 51.2 Å². The molecule has 3 nitrogen and oxygen atoms in total. The first-order valence-corrected chi connectivity index (χ1v) is 6.66. The van der Waals surface area contributed by atoms with Crippen LogP contribution in [0.1, 0.15) is 22.8 Å². The van der Waals surface area contributed by atoms with Crippen molar-refractivity contribution in [2.45, 2.75) is 18.2 Å². The maximum Gasteiger partial charge on any atom is 0.175 e. The van der Waals surface area contributed by atoms with Gasteiger partial charge in [-0.2, -0.15) is 0 Å². The van der Waals surface area contributed by atoms with Crippen LogP contribution in [0.2, 0.25) is 0 Å². The standard InChI is InChI=1S/C11H12O3S/c1-7-5-8-3-4-9(15(2,13)14)6-10(8)11(7)12/h3-4,6-7H,5H2,1-2H3. The first-order chi connectivity index (χ1) is 6.89. The fourth-order valence-corrected chi connectivity index (χ4v) is 2.53. The molecule has 0 saturated heterocycles. The van der Waals surface area contributed by atoms with E-state index in [2.05, 4.69) is 0 Å². The fourth-order valence-electron chi connectivity index (χ4n) is 1.88. The third-order valence-electron chi connectivity index (χ3n) is 2.75. The Morgan fingerprint density at radius 1 is 1.33 bits per heavy atom. The highest BCUT2D eigenvalue weighted by Gasteiger charge is 2.27. The lowest BCUT2D eigenvalue weighted by atomic mass is 10.1. The molecule has 0 heterocycles. The van der Waals surface area contributed by atoms with E-state index in [1.54, 1.807) is 12.1 Å². The highest BCUT2D eigenvalue weighted by atomic mass is 32.2. The molecule has 0 bridgehead atoms. The van der Waals surface area contributed by atoms with Gasteiger partial charge in [-0.05, 0) is 24.1 Å². The largest absolute Gasteiger partial charge is 0.294 e. The zero-order valence-corrected chi connectivity index (χ0v) is 9.47. The summed E-state index contributed by atoms with van der Waals surface area (Å²) in [4.78, 5) is 11.9. The molecule has 1 aromatic rings. The van der Waals surface area contributed by atoms with Crippen LogP contribution < -0.4 is 0 Å². The van der Waals surface area contributed by atoms with Crippen LogP contribution in [-0.4, -0.2) is 20.5 Å². The number of carbonyl (C=O) groups excluding carboxylic acids is 1. The Morgan fingerprint density at radius 2 is 2.00 bits per heavy atom. The molecule has 1 atom stereocenters. The maximum absolute atomic E-state index is 11.7. The number of hydrogen-bond donors (Lipinski definition) is 0. The molecule has 0 fully saturated rings. The Hall–Kier alpha value is -1.16. The van der Waals surface area contributed by atoms with Crippen molar-refractivity contribution < 1.29 is 13.2 Å². The average Bonchev–Trinajstić information content (AvgIpc) is 2.41. The molecule has 1 aliphatic rings. The van der Waals surface area contributed by atoms with E-state index in [9.17, 15) is 13.2 Å². The minimum absolute atomic E-state index is 0.0187. The first kappa shape index (κ1) is 10.4. The van der Waals surface area contributed by atoms with E-state index >= 15 is 0 Å². The summed E-state index contributed by atoms with van der Waals surface area (Å²) in [6, 6.07) is 4.81. The second-order valence-corrected chi connectivity index (χ2v) is 6.08. The van der Waals surface area contributed by atoms with Crippen LogP contribution >= 0.6 is 0 Å². The van der Waals surface area contributed by atoms with Crippen molar-refractivity contribution in [1.82, 2.24) is 0 Å². The fraction of sp³-hybridized carbons (Fsp3) is 0.364. The summed E-state index contributed by atoms with van der Waals surface area (Å²) in [5.74, 6) is 0.0327. The third kappa shape index (κ3) is 1.69. The molecule has 1 aliphatic carbocycles. The van der Waals surface area contributed by atoms with Gasteiger partial charge in [0.05, 0.1) is 4.90 Å². The number of sulfone groups is 1. The molecule has 0 spiro atoms. The molecule has 0 amide bonds. The Morgan fingerprint density at radius 3 is 2.60 bits per heavy atom. The van der Waals surface area contributed by atoms with Gasteiger partial charge in [0.2, 0.25) is 0 Å². The van der Waals surface area contributed by atoms with Crippen LogP contribution in [0.5, 0.6) is 0 Å². The van der Waals surface area contributed by atoms with Gasteiger partial charge in [-0.3, -0.25) is 4.79 Å². The van der Waals surface area contributed by atoms with E-state index in [0.29, 0.717) is 5.56 Å². The lowest BCUT2D eigenvalue weighted by Gasteiger charge is -2.01. The third-order valence-corrected chi connectivity index (χ3v) is 3.86. The maximum atomic E-state index is 11.7. The average molecular weight is 224 g/mol. The minimum Gasteiger partial charge on any atom is -0.294 e. The number of fused-ring (bicyclic) bond motifs is 1. The number of ketones is 1. The molecule has 15 heavy (non-hydrogen) atoms. The van der Waals surface area contributed by atoms with Crippen LogP contribution in [0.15, 0.2) is 23.1 Å². The molecule has 4 heteroatoms. The number of carbonyl (C=O) groups is 1. The molecule has 0 radical (unpaired) electrons. The molecule has 1 unspecified atom stereocenters. The first-order valence-electron chi connectivity index (χ1n) is 4.77. The Labute approximate surface area is 89.0 Å². The number of hydrogen-bond acceptors (Lipinski definition) is 3. The van der Waals surface area contributed by atoms with Crippen LogP contribution in [0, 0.1) is 5.92 Å². The number of rotatable bonds is 1. The Bertz CT molecular complexity index is 529. The lowest BCUT2D eigenvalue weighted by Crippen LogP contribution is -2.04. The van der Waals surface area contributed by atoms with Gasteiger partial charge in [0, 0.05) is 17.7 Å². The van der Waals surface area contributed by atoms with E-state index in [-0.39, 0.29) is 16.6 Å². The highest BCUT2D eigenvalue weighted by Crippen LogP contribution is 2.28. The van der Waals surface area contributed by atoms with Crippen LogP contribution in [-0.2, 0) is 16.3 Å². The van der Waals surface area contributed by atoms with Gasteiger partial charge in [0.15, 0.2) is 15.6 Å². The molecule has 0 N–H and O–H groups in total. The molecule has 0 saturated carbocycles. The van der Waals surface area contributed by atoms with Crippen molar-refractivity contribution in [3.05, 3.63) is 29.3 Å². The molecule has 0 aromatic heterocycles. The summed E-state index contributed by atoms with van der Waals surface area (Å²) < 4.78 is 22.6. The summed E-state index contributed by atoms with van der Waals surface area (Å²) in [6.45, 7) is 1.86. The smallest absolute Gasteiger partial charge is 0.175 e. The van der Waals surface area contributed by atoms with Gasteiger partial charge in [-0.25, -0.2) is 8.42 Å². The quantitative estimate of drug-likeness (QED) is 0.725. The Kier molecular flexibility index (Phi) is 2.19. The predicted octanol–water partition coefficient (Wildman–Crippen LogP) is 1.47. The van der Waals surface area contributed by atoms with Gasteiger partial charge in [0.25, 0.3) is 0 Å². The summed E-state index contributed by atoms with van der Waals surface area (Å²) in [6.07, 6.45) is 1.87. The lowest BCUT2D eigenvalue weighted by molar-refractivity contribution is 0.0946. The molecule has 2 rings (SSSR count). The van der Waals surface area contributed by atoms with Gasteiger partial charge in [0.1, 0.15) is 0 Å². The van der Waals surface area contributed by atoms with Gasteiger partial charge in [-0.15, -0.1) is 0 Å². The SMILES string of the molecule is CC1Cc2ccc(S(C)(=O)=O)cc2C1=O. The van der Waals surface area contributed by atoms with Crippen LogP contribution in [0.25, 0.3) is 0 Å². The summed E-state index contributed by atoms with van der Waals surface area (Å²) >= 11 is 0. The predicted molar refractivity (Wildman–Crippen MR) is 56.8 cm³/mol. The second kappa shape index (κ2) is 3.17. The number of benzene rings is 1. The molecule has 1 aromatic carbocycles. The van der Waals surface area contributed by atoms with E-state index in [4.69, 9.17) is 0 Å². The van der Waals surface area contributed by atoms with Crippen molar-refractivity contribution in [2.24, 2.45) is 5.92 Å². The highest BCUT2D eigenvalue weighted by molar-refractivity contribution is 7.90. The molecular weight excluding hydrogens is 212 g/mol. The van der Waals surface area contributed by atoms with Crippen molar-refractivity contribution in [3.8, 4) is 0 Å². The van der Waals surface area contributed by atoms with Gasteiger partial charge in [-0.1, -0.05) is 13.0 Å². The normalized spacial score (nSPS) is 20.4. The zero-order chi connectivity index (χ0) is 11.2. The van der Waals surface area contributed by atoms with Crippen molar-refractivity contribution in [1.29, 1.82) is 0 Å².